The van der Waals surface area contributed by atoms with Crippen LogP contribution in [0, 0.1) is 29.6 Å². The molecule has 8 nitrogen and oxygen atoms in total. The van der Waals surface area contributed by atoms with Gasteiger partial charge in [-0.05, 0) is 62.2 Å². The molecule has 5 aliphatic rings. The molecule has 0 radical (unpaired) electrons. The van der Waals surface area contributed by atoms with Gasteiger partial charge in [0.2, 0.25) is 15.9 Å². The maximum Gasteiger partial charge on any atom is 0.254 e. The molecule has 9 heteroatoms. The quantitative estimate of drug-likeness (QED) is 0.769. The van der Waals surface area contributed by atoms with Crippen LogP contribution in [0.15, 0.2) is 4.79 Å². The molecule has 30 heavy (non-hydrogen) atoms. The fraction of sp³-hybridized carbons (Fsp3) is 0.762. The minimum atomic E-state index is -3.34. The maximum absolute atomic E-state index is 13.4. The molecule has 0 spiro atoms. The molecule has 3 aliphatic carbocycles. The standard InChI is InChI=1S/C21H28N4O4S/c1-30(28,29)24-8-6-13-14(10-24)22-19(23-20(13)26)15-3-2-7-25(15)21(27)18-16-11-4-5-12(9-11)17(16)18/h11-12,15-18H,2-10H2,1H3,(H,22,23,26)/t11-,12-,15-,16+,17+/m0/s1. The zero-order valence-corrected chi connectivity index (χ0v) is 18.0. The zero-order valence-electron chi connectivity index (χ0n) is 17.2. The minimum absolute atomic E-state index is 0.127. The van der Waals surface area contributed by atoms with Crippen LogP contribution >= 0.6 is 0 Å². The summed E-state index contributed by atoms with van der Waals surface area (Å²) >= 11 is 0. The summed E-state index contributed by atoms with van der Waals surface area (Å²) in [6.07, 6.45) is 7.14. The zero-order chi connectivity index (χ0) is 20.8. The van der Waals surface area contributed by atoms with E-state index in [1.54, 1.807) is 0 Å². The van der Waals surface area contributed by atoms with Crippen LogP contribution in [0.1, 0.15) is 55.2 Å². The summed E-state index contributed by atoms with van der Waals surface area (Å²) in [6.45, 7) is 1.14. The van der Waals surface area contributed by atoms with E-state index in [1.807, 2.05) is 4.90 Å². The topological polar surface area (TPSA) is 103 Å². The first-order chi connectivity index (χ1) is 14.3. The van der Waals surface area contributed by atoms with E-state index in [9.17, 15) is 18.0 Å². The van der Waals surface area contributed by atoms with E-state index in [4.69, 9.17) is 4.98 Å². The highest BCUT2D eigenvalue weighted by Crippen LogP contribution is 2.70. The van der Waals surface area contributed by atoms with Gasteiger partial charge in [-0.15, -0.1) is 0 Å². The Morgan fingerprint density at radius 3 is 2.57 bits per heavy atom. The third-order valence-corrected chi connectivity index (χ3v) is 9.65. The molecule has 162 valence electrons. The van der Waals surface area contributed by atoms with Gasteiger partial charge in [-0.25, -0.2) is 13.4 Å². The molecule has 3 saturated carbocycles. The number of carbonyl (C=O) groups excluding carboxylic acids is 1. The van der Waals surface area contributed by atoms with Crippen molar-refractivity contribution in [2.75, 3.05) is 19.3 Å². The van der Waals surface area contributed by atoms with E-state index in [1.165, 1.54) is 29.8 Å². The smallest absolute Gasteiger partial charge is 0.254 e. The van der Waals surface area contributed by atoms with Crippen LogP contribution < -0.4 is 5.56 Å². The number of rotatable bonds is 3. The number of likely N-dealkylation sites (tertiary alicyclic amines) is 1. The third kappa shape index (κ3) is 2.74. The summed E-state index contributed by atoms with van der Waals surface area (Å²) in [5.41, 5.74) is 0.915. The molecule has 1 aromatic heterocycles. The van der Waals surface area contributed by atoms with Gasteiger partial charge in [0.25, 0.3) is 5.56 Å². The summed E-state index contributed by atoms with van der Waals surface area (Å²) in [5, 5.41) is 0. The highest BCUT2D eigenvalue weighted by atomic mass is 32.2. The minimum Gasteiger partial charge on any atom is -0.332 e. The van der Waals surface area contributed by atoms with Crippen molar-refractivity contribution in [3.63, 3.8) is 0 Å². The second kappa shape index (κ2) is 6.38. The molecule has 3 heterocycles. The maximum atomic E-state index is 13.4. The lowest BCUT2D eigenvalue weighted by Crippen LogP contribution is -2.40. The van der Waals surface area contributed by atoms with Gasteiger partial charge in [0.05, 0.1) is 24.5 Å². The predicted molar refractivity (Wildman–Crippen MR) is 109 cm³/mol. The van der Waals surface area contributed by atoms with Crippen LogP contribution in [0.25, 0.3) is 0 Å². The van der Waals surface area contributed by atoms with Crippen molar-refractivity contribution in [1.29, 1.82) is 0 Å². The Morgan fingerprint density at radius 1 is 1.13 bits per heavy atom. The van der Waals surface area contributed by atoms with Gasteiger partial charge in [-0.2, -0.15) is 4.31 Å². The number of sulfonamides is 1. The van der Waals surface area contributed by atoms with E-state index in [0.717, 1.165) is 24.7 Å². The highest BCUT2D eigenvalue weighted by Gasteiger charge is 2.68. The average molecular weight is 433 g/mol. The SMILES string of the molecule is CS(=O)(=O)N1CCc2c(nc([C@@H]3CCCN3C(=O)C3[C@@H]4[C@H]5CC[C@@H](C5)[C@@H]34)[nH]c2=O)C1. The first-order valence-corrected chi connectivity index (χ1v) is 13.1. The number of nitrogens with one attached hydrogen (secondary N) is 1. The molecule has 5 atom stereocenters. The summed E-state index contributed by atoms with van der Waals surface area (Å²) < 4.78 is 25.3. The van der Waals surface area contributed by atoms with Crippen molar-refractivity contribution < 1.29 is 13.2 Å². The second-order valence-corrected chi connectivity index (χ2v) is 11.9. The molecule has 2 aliphatic heterocycles. The third-order valence-electron chi connectivity index (χ3n) is 8.40. The van der Waals surface area contributed by atoms with E-state index in [0.29, 0.717) is 48.4 Å². The number of hydrogen-bond acceptors (Lipinski definition) is 5. The van der Waals surface area contributed by atoms with Crippen LogP contribution in [0.3, 0.4) is 0 Å². The van der Waals surface area contributed by atoms with E-state index in [2.05, 4.69) is 4.98 Å². The number of hydrogen-bond donors (Lipinski definition) is 1. The molecule has 1 saturated heterocycles. The fourth-order valence-corrected chi connectivity index (χ4v) is 7.82. The molecule has 1 aromatic rings. The number of aromatic nitrogens is 2. The van der Waals surface area contributed by atoms with Crippen molar-refractivity contribution in [2.45, 2.75) is 51.1 Å². The number of amides is 1. The Kier molecular flexibility index (Phi) is 4.04. The van der Waals surface area contributed by atoms with Crippen molar-refractivity contribution in [1.82, 2.24) is 19.2 Å². The molecular formula is C21H28N4O4S. The molecule has 6 rings (SSSR count). The van der Waals surface area contributed by atoms with Gasteiger partial charge >= 0.3 is 0 Å². The Balaban J connectivity index is 1.27. The van der Waals surface area contributed by atoms with Crippen molar-refractivity contribution in [3.05, 3.63) is 27.4 Å². The second-order valence-electron chi connectivity index (χ2n) is 9.93. The number of aromatic amines is 1. The fourth-order valence-electron chi connectivity index (χ4n) is 7.04. The largest absolute Gasteiger partial charge is 0.332 e. The van der Waals surface area contributed by atoms with Gasteiger partial charge in [0.15, 0.2) is 0 Å². The van der Waals surface area contributed by atoms with Crippen LogP contribution in [0.2, 0.25) is 0 Å². The van der Waals surface area contributed by atoms with Crippen LogP contribution in [-0.4, -0.2) is 52.8 Å². The number of fused-ring (bicyclic) bond motifs is 6. The summed E-state index contributed by atoms with van der Waals surface area (Å²) in [5.74, 6) is 3.64. The van der Waals surface area contributed by atoms with Crippen molar-refractivity contribution >= 4 is 15.9 Å². The molecule has 4 fully saturated rings. The molecule has 0 aromatic carbocycles. The number of carbonyl (C=O) groups is 1. The Labute approximate surface area is 176 Å². The summed E-state index contributed by atoms with van der Waals surface area (Å²) in [6, 6.07) is -0.205. The molecule has 2 bridgehead atoms. The summed E-state index contributed by atoms with van der Waals surface area (Å²) in [4.78, 5) is 35.7. The first-order valence-electron chi connectivity index (χ1n) is 11.2. The Morgan fingerprint density at radius 2 is 1.87 bits per heavy atom. The van der Waals surface area contributed by atoms with Gasteiger partial charge in [0.1, 0.15) is 5.82 Å². The molecule has 1 amide bonds. The first kappa shape index (κ1) is 19.0. The Bertz CT molecular complexity index is 1070. The number of nitrogens with zero attached hydrogens (tertiary/aromatic N) is 3. The molecule has 1 N–H and O–H groups in total. The van der Waals surface area contributed by atoms with E-state index in [-0.39, 0.29) is 30.0 Å². The lowest BCUT2D eigenvalue weighted by molar-refractivity contribution is -0.134. The molecular weight excluding hydrogens is 404 g/mol. The lowest BCUT2D eigenvalue weighted by atomic mass is 10.0. The van der Waals surface area contributed by atoms with Crippen molar-refractivity contribution in [2.24, 2.45) is 29.6 Å². The van der Waals surface area contributed by atoms with E-state index < -0.39 is 10.0 Å². The average Bonchev–Trinajstić information content (AvgIpc) is 3.07. The van der Waals surface area contributed by atoms with Gasteiger partial charge in [-0.1, -0.05) is 0 Å². The van der Waals surface area contributed by atoms with E-state index >= 15 is 0 Å². The highest BCUT2D eigenvalue weighted by molar-refractivity contribution is 7.88. The van der Waals surface area contributed by atoms with Crippen LogP contribution in [-0.2, 0) is 27.8 Å². The van der Waals surface area contributed by atoms with Crippen LogP contribution in [0.5, 0.6) is 0 Å². The lowest BCUT2D eigenvalue weighted by Gasteiger charge is -2.28. The van der Waals surface area contributed by atoms with Gasteiger partial charge in [0, 0.05) is 24.6 Å². The van der Waals surface area contributed by atoms with Gasteiger partial charge < -0.3 is 9.88 Å². The van der Waals surface area contributed by atoms with Crippen molar-refractivity contribution in [3.8, 4) is 0 Å². The van der Waals surface area contributed by atoms with Crippen LogP contribution in [0.4, 0.5) is 0 Å². The van der Waals surface area contributed by atoms with Gasteiger partial charge in [-0.3, -0.25) is 9.59 Å². The molecule has 0 unspecified atom stereocenters. The summed E-state index contributed by atoms with van der Waals surface area (Å²) in [7, 11) is -3.34. The predicted octanol–water partition coefficient (Wildman–Crippen LogP) is 1.04. The Hall–Kier alpha value is -1.74. The number of H-pyrrole nitrogens is 1. The monoisotopic (exact) mass is 432 g/mol. The normalized spacial score (nSPS) is 37.3.